The molecular formula is C19H16F2N2O2S. The lowest BCUT2D eigenvalue weighted by Gasteiger charge is -2.28. The van der Waals surface area contributed by atoms with Crippen molar-refractivity contribution in [3.8, 4) is 5.75 Å². The van der Waals surface area contributed by atoms with Gasteiger partial charge in [0.1, 0.15) is 5.75 Å². The third-order valence-corrected chi connectivity index (χ3v) is 5.07. The van der Waals surface area contributed by atoms with Crippen molar-refractivity contribution in [3.63, 3.8) is 0 Å². The number of fused-ring (bicyclic) bond motifs is 2. The molecular weight excluding hydrogens is 358 g/mol. The van der Waals surface area contributed by atoms with E-state index < -0.39 is 6.61 Å². The fourth-order valence-corrected chi connectivity index (χ4v) is 3.99. The molecule has 0 saturated heterocycles. The second-order valence-corrected chi connectivity index (χ2v) is 6.68. The van der Waals surface area contributed by atoms with Crippen molar-refractivity contribution in [1.29, 1.82) is 0 Å². The lowest BCUT2D eigenvalue weighted by Crippen LogP contribution is -2.29. The summed E-state index contributed by atoms with van der Waals surface area (Å²) in [6.45, 7) is -2.86. The van der Waals surface area contributed by atoms with Gasteiger partial charge in [-0.1, -0.05) is 18.2 Å². The predicted molar refractivity (Wildman–Crippen MR) is 97.5 cm³/mol. The summed E-state index contributed by atoms with van der Waals surface area (Å²) >= 11 is 5.44. The minimum absolute atomic E-state index is 0.135. The number of H-pyrrole nitrogens is 1. The molecule has 1 aliphatic rings. The Morgan fingerprint density at radius 3 is 2.85 bits per heavy atom. The largest absolute Gasteiger partial charge is 0.435 e. The second kappa shape index (κ2) is 6.64. The molecule has 1 aromatic heterocycles. The smallest absolute Gasteiger partial charge is 0.387 e. The predicted octanol–water partition coefficient (Wildman–Crippen LogP) is 4.59. The summed E-state index contributed by atoms with van der Waals surface area (Å²) in [5.74, 6) is 0.135. The van der Waals surface area contributed by atoms with Gasteiger partial charge in [-0.15, -0.1) is 0 Å². The van der Waals surface area contributed by atoms with E-state index in [9.17, 15) is 13.6 Å². The highest BCUT2D eigenvalue weighted by molar-refractivity contribution is 7.71. The van der Waals surface area contributed by atoms with Gasteiger partial charge in [0, 0.05) is 0 Å². The molecule has 0 amide bonds. The van der Waals surface area contributed by atoms with Gasteiger partial charge >= 0.3 is 6.61 Å². The normalized spacial score (nSPS) is 16.7. The number of aromatic amines is 1. The van der Waals surface area contributed by atoms with E-state index in [0.29, 0.717) is 15.7 Å². The van der Waals surface area contributed by atoms with Crippen LogP contribution in [0.15, 0.2) is 47.3 Å². The van der Waals surface area contributed by atoms with E-state index >= 15 is 0 Å². The minimum atomic E-state index is -2.86. The Labute approximate surface area is 153 Å². The Bertz CT molecular complexity index is 1090. The van der Waals surface area contributed by atoms with Gasteiger partial charge in [-0.3, -0.25) is 9.36 Å². The van der Waals surface area contributed by atoms with Crippen molar-refractivity contribution in [1.82, 2.24) is 9.55 Å². The summed E-state index contributed by atoms with van der Waals surface area (Å²) in [7, 11) is 0. The molecule has 7 heteroatoms. The number of aromatic nitrogens is 2. The number of nitrogens with zero attached hydrogens (tertiary/aromatic N) is 1. The molecule has 1 heterocycles. The van der Waals surface area contributed by atoms with Crippen molar-refractivity contribution in [2.75, 3.05) is 0 Å². The number of nitrogens with one attached hydrogen (secondary N) is 1. The first kappa shape index (κ1) is 16.9. The quantitative estimate of drug-likeness (QED) is 0.683. The van der Waals surface area contributed by atoms with E-state index in [2.05, 4.69) is 9.72 Å². The number of hydrogen-bond donors (Lipinski definition) is 1. The van der Waals surface area contributed by atoms with E-state index in [0.717, 1.165) is 30.4 Å². The summed E-state index contributed by atoms with van der Waals surface area (Å²) in [5.41, 5.74) is 2.40. The first-order chi connectivity index (χ1) is 12.5. The number of para-hydroxylation sites is 1. The molecule has 0 spiro atoms. The Morgan fingerprint density at radius 2 is 2.04 bits per heavy atom. The van der Waals surface area contributed by atoms with E-state index in [4.69, 9.17) is 12.2 Å². The first-order valence-electron chi connectivity index (χ1n) is 8.36. The Balaban J connectivity index is 1.85. The number of alkyl halides is 2. The number of ether oxygens (including phenoxy) is 1. The number of rotatable bonds is 3. The summed E-state index contributed by atoms with van der Waals surface area (Å²) in [6.07, 6.45) is 2.35. The molecule has 0 fully saturated rings. The van der Waals surface area contributed by atoms with Crippen LogP contribution < -0.4 is 10.3 Å². The highest BCUT2D eigenvalue weighted by Crippen LogP contribution is 2.34. The van der Waals surface area contributed by atoms with Crippen molar-refractivity contribution in [2.24, 2.45) is 0 Å². The highest BCUT2D eigenvalue weighted by atomic mass is 32.1. The molecule has 1 atom stereocenters. The third kappa shape index (κ3) is 2.92. The van der Waals surface area contributed by atoms with Crippen LogP contribution in [0.2, 0.25) is 0 Å². The molecule has 0 radical (unpaired) electrons. The molecule has 4 rings (SSSR count). The number of aryl methyl sites for hydroxylation is 1. The molecule has 0 aliphatic heterocycles. The zero-order valence-corrected chi connectivity index (χ0v) is 14.6. The molecule has 0 bridgehead atoms. The van der Waals surface area contributed by atoms with Crippen LogP contribution in [0.4, 0.5) is 8.78 Å². The molecule has 0 unspecified atom stereocenters. The Hall–Kier alpha value is -2.54. The van der Waals surface area contributed by atoms with Gasteiger partial charge in [0.2, 0.25) is 0 Å². The number of benzene rings is 2. The van der Waals surface area contributed by atoms with Gasteiger partial charge in [-0.05, 0) is 66.9 Å². The lowest BCUT2D eigenvalue weighted by molar-refractivity contribution is -0.0499. The van der Waals surface area contributed by atoms with Crippen molar-refractivity contribution in [3.05, 3.63) is 68.7 Å². The third-order valence-electron chi connectivity index (χ3n) is 4.77. The van der Waals surface area contributed by atoms with Gasteiger partial charge < -0.3 is 9.72 Å². The van der Waals surface area contributed by atoms with Gasteiger partial charge in [0.15, 0.2) is 4.77 Å². The Kier molecular flexibility index (Phi) is 4.32. The summed E-state index contributed by atoms with van der Waals surface area (Å²) in [5, 5.41) is 0.575. The Morgan fingerprint density at radius 1 is 1.23 bits per heavy atom. The molecule has 3 aromatic rings. The monoisotopic (exact) mass is 374 g/mol. The van der Waals surface area contributed by atoms with E-state index in [-0.39, 0.29) is 17.4 Å². The van der Waals surface area contributed by atoms with Crippen LogP contribution in [-0.2, 0) is 6.42 Å². The average Bonchev–Trinajstić information content (AvgIpc) is 2.61. The van der Waals surface area contributed by atoms with Crippen LogP contribution in [0, 0.1) is 4.77 Å². The zero-order valence-electron chi connectivity index (χ0n) is 13.7. The first-order valence-corrected chi connectivity index (χ1v) is 8.76. The van der Waals surface area contributed by atoms with Crippen LogP contribution in [-0.4, -0.2) is 16.2 Å². The number of hydrogen-bond acceptors (Lipinski definition) is 3. The zero-order chi connectivity index (χ0) is 18.3. The van der Waals surface area contributed by atoms with Gasteiger partial charge in [0.05, 0.1) is 16.9 Å². The van der Waals surface area contributed by atoms with E-state index in [1.54, 1.807) is 22.8 Å². The van der Waals surface area contributed by atoms with Crippen LogP contribution in [0.25, 0.3) is 10.9 Å². The fourth-order valence-electron chi connectivity index (χ4n) is 3.67. The summed E-state index contributed by atoms with van der Waals surface area (Å²) in [6, 6.07) is 11.9. The maximum atomic E-state index is 13.0. The maximum Gasteiger partial charge on any atom is 0.387 e. The average molecular weight is 374 g/mol. The standard InChI is InChI=1S/C19H16F2N2O2S/c20-18(21)25-12-8-9-13-11(10-12)4-3-7-16(13)23-17(24)14-5-1-2-6-15(14)22-19(23)26/h1-2,5-6,8-10,16,18H,3-4,7H2,(H,22,26)/t16-/m0/s1. The van der Waals surface area contributed by atoms with Crippen molar-refractivity contribution < 1.29 is 13.5 Å². The maximum absolute atomic E-state index is 13.0. The highest BCUT2D eigenvalue weighted by Gasteiger charge is 2.25. The molecule has 0 saturated carbocycles. The number of halogens is 2. The molecule has 134 valence electrons. The van der Waals surface area contributed by atoms with E-state index in [1.165, 1.54) is 6.07 Å². The van der Waals surface area contributed by atoms with Gasteiger partial charge in [-0.25, -0.2) is 0 Å². The molecule has 2 aromatic carbocycles. The van der Waals surface area contributed by atoms with Crippen LogP contribution in [0.1, 0.15) is 30.0 Å². The SMILES string of the molecule is O=c1c2ccccc2[nH]c(=S)n1[C@H]1CCCc2cc(OC(F)F)ccc21. The van der Waals surface area contributed by atoms with E-state index in [1.807, 2.05) is 18.2 Å². The summed E-state index contributed by atoms with van der Waals surface area (Å²) < 4.78 is 31.4. The van der Waals surface area contributed by atoms with Crippen LogP contribution >= 0.6 is 12.2 Å². The molecule has 4 nitrogen and oxygen atoms in total. The molecule has 1 N–H and O–H groups in total. The minimum Gasteiger partial charge on any atom is -0.435 e. The molecule has 1 aliphatic carbocycles. The summed E-state index contributed by atoms with van der Waals surface area (Å²) in [4.78, 5) is 16.1. The van der Waals surface area contributed by atoms with Gasteiger partial charge in [0.25, 0.3) is 5.56 Å². The van der Waals surface area contributed by atoms with Gasteiger partial charge in [-0.2, -0.15) is 8.78 Å². The van der Waals surface area contributed by atoms with Crippen LogP contribution in [0.3, 0.4) is 0 Å². The fraction of sp³-hybridized carbons (Fsp3) is 0.263. The molecule has 26 heavy (non-hydrogen) atoms. The van der Waals surface area contributed by atoms with Crippen molar-refractivity contribution in [2.45, 2.75) is 31.9 Å². The topological polar surface area (TPSA) is 47.0 Å². The van der Waals surface area contributed by atoms with Crippen molar-refractivity contribution >= 4 is 23.1 Å². The van der Waals surface area contributed by atoms with Crippen LogP contribution in [0.5, 0.6) is 5.75 Å². The lowest BCUT2D eigenvalue weighted by atomic mass is 9.87. The second-order valence-electron chi connectivity index (χ2n) is 6.30.